The first-order chi connectivity index (χ1) is 12.3. The van der Waals surface area contributed by atoms with Crippen LogP contribution in [-0.2, 0) is 11.8 Å². The molecule has 2 heterocycles. The molecule has 0 amide bonds. The number of fused-ring (bicyclic) bond motifs is 1. The van der Waals surface area contributed by atoms with Crippen LogP contribution in [0, 0.1) is 15.2 Å². The number of carbonyl (C=O) groups excluding carboxylic acids is 1. The van der Waals surface area contributed by atoms with Crippen LogP contribution in [0.5, 0.6) is 0 Å². The van der Waals surface area contributed by atoms with Gasteiger partial charge in [-0.15, -0.1) is 11.3 Å². The molecular weight excluding hydrogens is 477 g/mol. The van der Waals surface area contributed by atoms with Gasteiger partial charge in [-0.2, -0.15) is 0 Å². The molecule has 0 atom stereocenters. The van der Waals surface area contributed by atoms with Gasteiger partial charge in [-0.25, -0.2) is 13.6 Å². The highest BCUT2D eigenvalue weighted by atomic mass is 127. The van der Waals surface area contributed by atoms with Crippen LogP contribution in [0.25, 0.3) is 10.2 Å². The fraction of sp³-hybridized carbons (Fsp3) is 0.176. The molecule has 3 rings (SSSR count). The Balaban J connectivity index is 2.28. The molecule has 26 heavy (non-hydrogen) atoms. The van der Waals surface area contributed by atoms with Gasteiger partial charge in [0.15, 0.2) is 0 Å². The van der Waals surface area contributed by atoms with E-state index in [4.69, 9.17) is 4.74 Å². The molecule has 0 unspecified atom stereocenters. The maximum atomic E-state index is 14.3. The third-order valence-electron chi connectivity index (χ3n) is 3.67. The summed E-state index contributed by atoms with van der Waals surface area (Å²) in [6, 6.07) is 5.36. The Bertz CT molecular complexity index is 1080. The number of esters is 1. The predicted molar refractivity (Wildman–Crippen MR) is 105 cm³/mol. The molecule has 3 aromatic rings. The molecule has 0 aliphatic carbocycles. The Morgan fingerprint density at radius 1 is 1.31 bits per heavy atom. The molecule has 5 nitrogen and oxygen atoms in total. The fourth-order valence-corrected chi connectivity index (χ4v) is 4.01. The molecule has 2 aromatic heterocycles. The number of aryl methyl sites for hydroxylation is 1. The van der Waals surface area contributed by atoms with Gasteiger partial charge in [-0.3, -0.25) is 4.79 Å². The first kappa shape index (κ1) is 18.8. The highest BCUT2D eigenvalue weighted by Gasteiger charge is 2.24. The second-order valence-corrected chi connectivity index (χ2v) is 7.61. The summed E-state index contributed by atoms with van der Waals surface area (Å²) in [5.74, 6) is -1.95. The number of nitrogens with one attached hydrogen (secondary N) is 1. The molecule has 0 aliphatic heterocycles. The fourth-order valence-electron chi connectivity index (χ4n) is 2.47. The standard InChI is InChI=1S/C17H13F2IN2O3S/c1-3-25-17(24)16-13(21-11-5-4-8(20)6-9(11)18)14-15(26-16)10(19)7-12(23)22(14)2/h4-7,21H,3H2,1-2H3. The molecule has 1 N–H and O–H groups in total. The van der Waals surface area contributed by atoms with Gasteiger partial charge in [0.2, 0.25) is 0 Å². The summed E-state index contributed by atoms with van der Waals surface area (Å²) < 4.78 is 35.6. The zero-order chi connectivity index (χ0) is 19.0. The molecule has 0 radical (unpaired) electrons. The van der Waals surface area contributed by atoms with E-state index < -0.39 is 23.2 Å². The lowest BCUT2D eigenvalue weighted by Crippen LogP contribution is -2.17. The van der Waals surface area contributed by atoms with Crippen molar-refractivity contribution in [2.24, 2.45) is 7.05 Å². The Morgan fingerprint density at radius 2 is 2.04 bits per heavy atom. The number of aromatic nitrogens is 1. The number of anilines is 2. The van der Waals surface area contributed by atoms with Crippen LogP contribution in [0.4, 0.5) is 20.2 Å². The van der Waals surface area contributed by atoms with E-state index in [9.17, 15) is 18.4 Å². The zero-order valence-electron chi connectivity index (χ0n) is 13.7. The van der Waals surface area contributed by atoms with Crippen molar-refractivity contribution >= 4 is 61.5 Å². The largest absolute Gasteiger partial charge is 0.462 e. The summed E-state index contributed by atoms with van der Waals surface area (Å²) in [5.41, 5.74) is -0.148. The molecule has 9 heteroatoms. The summed E-state index contributed by atoms with van der Waals surface area (Å²) in [6.07, 6.45) is 0. The summed E-state index contributed by atoms with van der Waals surface area (Å²) in [6.45, 7) is 1.78. The van der Waals surface area contributed by atoms with Crippen molar-refractivity contribution in [1.29, 1.82) is 0 Å². The molecule has 136 valence electrons. The van der Waals surface area contributed by atoms with Gasteiger partial charge in [0.25, 0.3) is 5.56 Å². The number of hydrogen-bond acceptors (Lipinski definition) is 5. The highest BCUT2D eigenvalue weighted by molar-refractivity contribution is 14.1. The van der Waals surface area contributed by atoms with Crippen LogP contribution in [0.2, 0.25) is 0 Å². The number of nitrogens with zero attached hydrogens (tertiary/aromatic N) is 1. The van der Waals surface area contributed by atoms with Crippen molar-refractivity contribution < 1.29 is 18.3 Å². The monoisotopic (exact) mass is 490 g/mol. The number of thiophene rings is 1. The predicted octanol–water partition coefficient (Wildman–Crippen LogP) is 4.40. The summed E-state index contributed by atoms with van der Waals surface area (Å²) in [7, 11) is 1.46. The normalized spacial score (nSPS) is 11.0. The average molecular weight is 490 g/mol. The van der Waals surface area contributed by atoms with E-state index in [1.807, 2.05) is 22.6 Å². The summed E-state index contributed by atoms with van der Waals surface area (Å²) >= 11 is 2.83. The van der Waals surface area contributed by atoms with Crippen LogP contribution in [-0.4, -0.2) is 17.1 Å². The van der Waals surface area contributed by atoms with Crippen molar-refractivity contribution in [2.75, 3.05) is 11.9 Å². The number of halogens is 3. The smallest absolute Gasteiger partial charge is 0.350 e. The maximum Gasteiger partial charge on any atom is 0.350 e. The molecule has 1 aromatic carbocycles. The third kappa shape index (κ3) is 3.32. The van der Waals surface area contributed by atoms with Gasteiger partial charge in [0.1, 0.15) is 16.5 Å². The molecule has 0 aliphatic rings. The summed E-state index contributed by atoms with van der Waals surface area (Å²) in [5, 5.41) is 2.83. The Morgan fingerprint density at radius 3 is 2.69 bits per heavy atom. The Labute approximate surface area is 164 Å². The minimum atomic E-state index is -0.741. The van der Waals surface area contributed by atoms with Gasteiger partial charge >= 0.3 is 5.97 Å². The van der Waals surface area contributed by atoms with Gasteiger partial charge in [0.05, 0.1) is 28.2 Å². The number of benzene rings is 1. The van der Waals surface area contributed by atoms with Crippen LogP contribution < -0.4 is 10.9 Å². The number of rotatable bonds is 4. The SMILES string of the molecule is CCOC(=O)c1sc2c(F)cc(=O)n(C)c2c1Nc1ccc(I)cc1F. The molecule has 0 saturated heterocycles. The van der Waals surface area contributed by atoms with E-state index >= 15 is 0 Å². The van der Waals surface area contributed by atoms with Crippen molar-refractivity contribution in [3.63, 3.8) is 0 Å². The average Bonchev–Trinajstić information content (AvgIpc) is 2.95. The van der Waals surface area contributed by atoms with Crippen molar-refractivity contribution in [1.82, 2.24) is 4.57 Å². The topological polar surface area (TPSA) is 60.3 Å². The van der Waals surface area contributed by atoms with E-state index in [0.29, 0.717) is 3.57 Å². The molecule has 0 bridgehead atoms. The lowest BCUT2D eigenvalue weighted by molar-refractivity contribution is 0.0533. The Kier molecular flexibility index (Phi) is 5.28. The van der Waals surface area contributed by atoms with Crippen LogP contribution in [0.3, 0.4) is 0 Å². The lowest BCUT2D eigenvalue weighted by atomic mass is 10.2. The van der Waals surface area contributed by atoms with Crippen molar-refractivity contribution in [3.8, 4) is 0 Å². The number of carbonyl (C=O) groups is 1. The molecule has 0 fully saturated rings. The minimum Gasteiger partial charge on any atom is -0.462 e. The molecule has 0 saturated carbocycles. The molecular formula is C17H13F2IN2O3S. The second-order valence-electron chi connectivity index (χ2n) is 5.34. The van der Waals surface area contributed by atoms with Crippen molar-refractivity contribution in [3.05, 3.63) is 54.7 Å². The van der Waals surface area contributed by atoms with E-state index in [1.54, 1.807) is 13.0 Å². The second kappa shape index (κ2) is 7.31. The van der Waals surface area contributed by atoms with Crippen LogP contribution in [0.1, 0.15) is 16.6 Å². The van der Waals surface area contributed by atoms with Gasteiger partial charge < -0.3 is 14.6 Å². The quantitative estimate of drug-likeness (QED) is 0.435. The van der Waals surface area contributed by atoms with E-state index in [0.717, 1.165) is 17.4 Å². The van der Waals surface area contributed by atoms with E-state index in [-0.39, 0.29) is 33.1 Å². The minimum absolute atomic E-state index is 0.0694. The Hall–Kier alpha value is -2.01. The number of ether oxygens (including phenoxy) is 1. The lowest BCUT2D eigenvalue weighted by Gasteiger charge is -2.11. The van der Waals surface area contributed by atoms with E-state index in [1.165, 1.54) is 23.7 Å². The highest BCUT2D eigenvalue weighted by Crippen LogP contribution is 2.39. The van der Waals surface area contributed by atoms with Crippen molar-refractivity contribution in [2.45, 2.75) is 6.92 Å². The van der Waals surface area contributed by atoms with Gasteiger partial charge in [0, 0.05) is 16.7 Å². The first-order valence-electron chi connectivity index (χ1n) is 7.54. The number of hydrogen-bond donors (Lipinski definition) is 1. The third-order valence-corrected chi connectivity index (χ3v) is 5.51. The van der Waals surface area contributed by atoms with Crippen LogP contribution in [0.15, 0.2) is 29.1 Å². The zero-order valence-corrected chi connectivity index (χ0v) is 16.7. The van der Waals surface area contributed by atoms with Gasteiger partial charge in [-0.05, 0) is 47.7 Å². The molecule has 0 spiro atoms. The van der Waals surface area contributed by atoms with E-state index in [2.05, 4.69) is 5.32 Å². The number of pyridine rings is 1. The summed E-state index contributed by atoms with van der Waals surface area (Å²) in [4.78, 5) is 24.4. The maximum absolute atomic E-state index is 14.3. The van der Waals surface area contributed by atoms with Crippen LogP contribution >= 0.6 is 33.9 Å². The van der Waals surface area contributed by atoms with Gasteiger partial charge in [-0.1, -0.05) is 0 Å². The first-order valence-corrected chi connectivity index (χ1v) is 9.44.